The molecule has 0 spiro atoms. The normalized spacial score (nSPS) is 14.6. The Balaban J connectivity index is 1.85. The summed E-state index contributed by atoms with van der Waals surface area (Å²) in [4.78, 5) is 11.6. The van der Waals surface area contributed by atoms with Crippen LogP contribution >= 0.6 is 23.2 Å². The van der Waals surface area contributed by atoms with Crippen LogP contribution in [0, 0.1) is 11.7 Å². The number of nitrogens with one attached hydrogen (secondary N) is 2. The first-order valence-corrected chi connectivity index (χ1v) is 6.47. The molecule has 0 saturated heterocycles. The average Bonchev–Trinajstić information content (AvgIpc) is 3.09. The molecule has 1 aliphatic rings. The molecule has 1 aromatic rings. The number of carbonyl (C=O) groups is 1. The van der Waals surface area contributed by atoms with E-state index in [1.807, 2.05) is 0 Å². The Morgan fingerprint density at radius 1 is 1.33 bits per heavy atom. The largest absolute Gasteiger partial charge is 0.325 e. The number of rotatable bonds is 5. The fraction of sp³-hybridized carbons (Fsp3) is 0.417. The van der Waals surface area contributed by atoms with Gasteiger partial charge in [-0.15, -0.1) is 0 Å². The summed E-state index contributed by atoms with van der Waals surface area (Å²) in [5.74, 6) is -0.162. The number of benzene rings is 1. The lowest BCUT2D eigenvalue weighted by Crippen LogP contribution is -2.29. The van der Waals surface area contributed by atoms with Gasteiger partial charge in [0.25, 0.3) is 0 Å². The zero-order chi connectivity index (χ0) is 13.1. The summed E-state index contributed by atoms with van der Waals surface area (Å²) < 4.78 is 13.2. The molecule has 0 unspecified atom stereocenters. The van der Waals surface area contributed by atoms with E-state index in [-0.39, 0.29) is 22.5 Å². The maximum atomic E-state index is 13.2. The van der Waals surface area contributed by atoms with Crippen molar-refractivity contribution in [2.45, 2.75) is 12.8 Å². The molecule has 0 atom stereocenters. The van der Waals surface area contributed by atoms with Gasteiger partial charge < -0.3 is 10.6 Å². The highest BCUT2D eigenvalue weighted by molar-refractivity contribution is 6.35. The van der Waals surface area contributed by atoms with Crippen molar-refractivity contribution < 1.29 is 9.18 Å². The summed E-state index contributed by atoms with van der Waals surface area (Å²) in [7, 11) is 0. The first-order chi connectivity index (χ1) is 8.56. The predicted molar refractivity (Wildman–Crippen MR) is 70.6 cm³/mol. The fourth-order valence-electron chi connectivity index (χ4n) is 1.54. The van der Waals surface area contributed by atoms with Crippen LogP contribution in [-0.4, -0.2) is 19.0 Å². The van der Waals surface area contributed by atoms with Crippen LogP contribution in [0.15, 0.2) is 12.1 Å². The smallest absolute Gasteiger partial charge is 0.238 e. The average molecular weight is 291 g/mol. The molecule has 0 aliphatic heterocycles. The molecule has 18 heavy (non-hydrogen) atoms. The summed E-state index contributed by atoms with van der Waals surface area (Å²) in [6.07, 6.45) is 2.47. The molecule has 6 heteroatoms. The van der Waals surface area contributed by atoms with E-state index in [1.54, 1.807) is 0 Å². The third kappa shape index (κ3) is 3.83. The first kappa shape index (κ1) is 13.6. The minimum Gasteiger partial charge on any atom is -0.325 e. The highest BCUT2D eigenvalue weighted by atomic mass is 35.5. The number of amides is 1. The molecule has 1 amide bonds. The van der Waals surface area contributed by atoms with Crippen molar-refractivity contribution in [3.63, 3.8) is 0 Å². The van der Waals surface area contributed by atoms with Crippen LogP contribution in [0.25, 0.3) is 0 Å². The summed E-state index contributed by atoms with van der Waals surface area (Å²) >= 11 is 11.3. The van der Waals surface area contributed by atoms with Crippen molar-refractivity contribution in [2.75, 3.05) is 18.4 Å². The van der Waals surface area contributed by atoms with E-state index in [1.165, 1.54) is 25.0 Å². The molecule has 0 radical (unpaired) electrons. The molecule has 1 aliphatic carbocycles. The maximum Gasteiger partial charge on any atom is 0.238 e. The molecule has 3 nitrogen and oxygen atoms in total. The van der Waals surface area contributed by atoms with Gasteiger partial charge in [0.2, 0.25) is 5.91 Å². The molecule has 0 aromatic heterocycles. The van der Waals surface area contributed by atoms with Gasteiger partial charge in [-0.3, -0.25) is 4.79 Å². The molecule has 0 bridgehead atoms. The predicted octanol–water partition coefficient (Wildman–Crippen LogP) is 3.07. The Labute approximate surface area is 115 Å². The van der Waals surface area contributed by atoms with Gasteiger partial charge in [-0.05, 0) is 37.4 Å². The Bertz CT molecular complexity index is 440. The molecule has 1 aromatic carbocycles. The minimum absolute atomic E-state index is 0.108. The van der Waals surface area contributed by atoms with E-state index in [0.717, 1.165) is 6.54 Å². The third-order valence-electron chi connectivity index (χ3n) is 2.68. The van der Waals surface area contributed by atoms with Gasteiger partial charge in [0, 0.05) is 5.69 Å². The second-order valence-electron chi connectivity index (χ2n) is 4.38. The Hall–Kier alpha value is -0.840. The van der Waals surface area contributed by atoms with Crippen molar-refractivity contribution in [2.24, 2.45) is 5.92 Å². The van der Waals surface area contributed by atoms with Crippen molar-refractivity contribution in [1.29, 1.82) is 0 Å². The number of carbonyl (C=O) groups excluding carboxylic acids is 1. The summed E-state index contributed by atoms with van der Waals surface area (Å²) in [5, 5.41) is 5.45. The van der Waals surface area contributed by atoms with Crippen LogP contribution in [0.4, 0.5) is 10.1 Å². The summed E-state index contributed by atoms with van der Waals surface area (Å²) in [6.45, 7) is 1.08. The lowest BCUT2D eigenvalue weighted by molar-refractivity contribution is -0.115. The number of anilines is 1. The van der Waals surface area contributed by atoms with Crippen LogP contribution in [0.3, 0.4) is 0 Å². The van der Waals surface area contributed by atoms with Crippen molar-refractivity contribution in [3.05, 3.63) is 28.0 Å². The SMILES string of the molecule is O=C(CNCC1CC1)Nc1cc(Cl)c(F)c(Cl)c1. The quantitative estimate of drug-likeness (QED) is 0.819. The highest BCUT2D eigenvalue weighted by Crippen LogP contribution is 2.28. The number of hydrogen-bond donors (Lipinski definition) is 2. The van der Waals surface area contributed by atoms with Gasteiger partial charge in [0.1, 0.15) is 0 Å². The Morgan fingerprint density at radius 3 is 2.50 bits per heavy atom. The van der Waals surface area contributed by atoms with Gasteiger partial charge in [0.05, 0.1) is 16.6 Å². The van der Waals surface area contributed by atoms with Crippen molar-refractivity contribution in [3.8, 4) is 0 Å². The van der Waals surface area contributed by atoms with Crippen LogP contribution < -0.4 is 10.6 Å². The summed E-state index contributed by atoms with van der Waals surface area (Å²) in [6, 6.07) is 2.67. The van der Waals surface area contributed by atoms with E-state index in [2.05, 4.69) is 10.6 Å². The molecule has 0 heterocycles. The number of halogens is 3. The van der Waals surface area contributed by atoms with Gasteiger partial charge in [-0.2, -0.15) is 0 Å². The van der Waals surface area contributed by atoms with Crippen LogP contribution in [0.5, 0.6) is 0 Å². The molecule has 1 saturated carbocycles. The molecule has 2 rings (SSSR count). The molecule has 2 N–H and O–H groups in total. The lowest BCUT2D eigenvalue weighted by Gasteiger charge is -2.08. The second kappa shape index (κ2) is 5.87. The standard InChI is InChI=1S/C12H13Cl2FN2O/c13-9-3-8(4-10(14)12(9)15)17-11(18)6-16-5-7-1-2-7/h3-4,7,16H,1-2,5-6H2,(H,17,18). The first-order valence-electron chi connectivity index (χ1n) is 5.71. The van der Waals surface area contributed by atoms with Crippen LogP contribution in [0.1, 0.15) is 12.8 Å². The Kier molecular flexibility index (Phi) is 4.43. The van der Waals surface area contributed by atoms with E-state index >= 15 is 0 Å². The van der Waals surface area contributed by atoms with Crippen molar-refractivity contribution >= 4 is 34.8 Å². The van der Waals surface area contributed by atoms with E-state index in [9.17, 15) is 9.18 Å². The van der Waals surface area contributed by atoms with E-state index < -0.39 is 5.82 Å². The molecule has 98 valence electrons. The zero-order valence-corrected chi connectivity index (χ0v) is 11.1. The molecule has 1 fully saturated rings. The second-order valence-corrected chi connectivity index (χ2v) is 5.19. The molecular formula is C12H13Cl2FN2O. The minimum atomic E-state index is -0.678. The lowest BCUT2D eigenvalue weighted by atomic mass is 10.3. The highest BCUT2D eigenvalue weighted by Gasteiger charge is 2.20. The maximum absolute atomic E-state index is 13.2. The van der Waals surface area contributed by atoms with Gasteiger partial charge in [-0.1, -0.05) is 23.2 Å². The summed E-state index contributed by atoms with van der Waals surface area (Å²) in [5.41, 5.74) is 0.393. The molecular weight excluding hydrogens is 278 g/mol. The number of hydrogen-bond acceptors (Lipinski definition) is 2. The third-order valence-corrected chi connectivity index (χ3v) is 3.23. The van der Waals surface area contributed by atoms with Crippen LogP contribution in [-0.2, 0) is 4.79 Å². The topological polar surface area (TPSA) is 41.1 Å². The van der Waals surface area contributed by atoms with E-state index in [0.29, 0.717) is 11.6 Å². The van der Waals surface area contributed by atoms with Gasteiger partial charge >= 0.3 is 0 Å². The fourth-order valence-corrected chi connectivity index (χ4v) is 2.03. The van der Waals surface area contributed by atoms with Crippen LogP contribution in [0.2, 0.25) is 10.0 Å². The van der Waals surface area contributed by atoms with Gasteiger partial charge in [0.15, 0.2) is 5.82 Å². The van der Waals surface area contributed by atoms with Crippen molar-refractivity contribution in [1.82, 2.24) is 5.32 Å². The van der Waals surface area contributed by atoms with Gasteiger partial charge in [-0.25, -0.2) is 4.39 Å². The monoisotopic (exact) mass is 290 g/mol. The zero-order valence-electron chi connectivity index (χ0n) is 9.60. The Morgan fingerprint density at radius 2 is 1.94 bits per heavy atom. The van der Waals surface area contributed by atoms with E-state index in [4.69, 9.17) is 23.2 Å².